The van der Waals surface area contributed by atoms with E-state index in [1.807, 2.05) is 23.1 Å². The fourth-order valence-corrected chi connectivity index (χ4v) is 3.25. The van der Waals surface area contributed by atoms with E-state index in [0.717, 1.165) is 31.7 Å². The van der Waals surface area contributed by atoms with Gasteiger partial charge >= 0.3 is 0 Å². The third-order valence-corrected chi connectivity index (χ3v) is 4.83. The van der Waals surface area contributed by atoms with Crippen LogP contribution >= 0.6 is 0 Å². The molecule has 1 aromatic rings. The predicted octanol–water partition coefficient (Wildman–Crippen LogP) is 1.67. The van der Waals surface area contributed by atoms with Crippen LogP contribution in [0.4, 0.5) is 5.82 Å². The van der Waals surface area contributed by atoms with Gasteiger partial charge in [-0.25, -0.2) is 4.98 Å². The molecule has 0 radical (unpaired) electrons. The van der Waals surface area contributed by atoms with Crippen LogP contribution in [0.3, 0.4) is 0 Å². The second kappa shape index (κ2) is 7.85. The molecule has 1 aromatic heterocycles. The van der Waals surface area contributed by atoms with Crippen molar-refractivity contribution in [2.24, 2.45) is 11.8 Å². The number of amides is 2. The van der Waals surface area contributed by atoms with E-state index in [2.05, 4.69) is 29.0 Å². The number of hydrogen-bond donors (Lipinski definition) is 1. The number of carbonyl (C=O) groups is 2. The Hall–Kier alpha value is -2.11. The van der Waals surface area contributed by atoms with E-state index >= 15 is 0 Å². The van der Waals surface area contributed by atoms with Gasteiger partial charge in [0.1, 0.15) is 11.9 Å². The molecule has 25 heavy (non-hydrogen) atoms. The van der Waals surface area contributed by atoms with Crippen LogP contribution in [0.25, 0.3) is 0 Å². The lowest BCUT2D eigenvalue weighted by atomic mass is 10.0. The number of nitrogens with zero attached hydrogens (tertiary/aromatic N) is 3. The van der Waals surface area contributed by atoms with Crippen molar-refractivity contribution >= 4 is 17.6 Å². The summed E-state index contributed by atoms with van der Waals surface area (Å²) in [6.07, 6.45) is 4.39. The summed E-state index contributed by atoms with van der Waals surface area (Å²) < 4.78 is 0. The minimum absolute atomic E-state index is 0.0473. The molecule has 2 amide bonds. The molecule has 1 atom stereocenters. The smallest absolute Gasteiger partial charge is 0.245 e. The van der Waals surface area contributed by atoms with Crippen molar-refractivity contribution in [2.75, 3.05) is 31.1 Å². The van der Waals surface area contributed by atoms with Gasteiger partial charge in [-0.3, -0.25) is 9.59 Å². The molecule has 1 aliphatic carbocycles. The molecule has 2 heterocycles. The minimum Gasteiger partial charge on any atom is -0.353 e. The maximum atomic E-state index is 12.9. The zero-order valence-electron chi connectivity index (χ0n) is 15.1. The molecule has 1 saturated carbocycles. The van der Waals surface area contributed by atoms with Crippen molar-refractivity contribution in [1.82, 2.24) is 15.2 Å². The highest BCUT2D eigenvalue weighted by atomic mass is 16.2. The monoisotopic (exact) mass is 344 g/mol. The van der Waals surface area contributed by atoms with E-state index in [1.54, 1.807) is 6.20 Å². The van der Waals surface area contributed by atoms with Crippen molar-refractivity contribution in [3.8, 4) is 0 Å². The molecule has 0 spiro atoms. The van der Waals surface area contributed by atoms with Crippen LogP contribution in [-0.4, -0.2) is 53.9 Å². The number of rotatable bonds is 6. The molecule has 2 fully saturated rings. The van der Waals surface area contributed by atoms with Gasteiger partial charge in [0.25, 0.3) is 0 Å². The third-order valence-electron chi connectivity index (χ3n) is 4.83. The normalized spacial score (nSPS) is 19.0. The molecular formula is C19H28N4O2. The second-order valence-electron chi connectivity index (χ2n) is 7.47. The highest BCUT2D eigenvalue weighted by Crippen LogP contribution is 2.29. The van der Waals surface area contributed by atoms with Gasteiger partial charge in [-0.15, -0.1) is 0 Å². The summed E-state index contributed by atoms with van der Waals surface area (Å²) in [6, 6.07) is 5.48. The van der Waals surface area contributed by atoms with Gasteiger partial charge in [0, 0.05) is 38.3 Å². The number of nitrogens with one attached hydrogen (secondary N) is 1. The Bertz CT molecular complexity index is 593. The van der Waals surface area contributed by atoms with Crippen molar-refractivity contribution in [3.05, 3.63) is 24.4 Å². The van der Waals surface area contributed by atoms with Gasteiger partial charge in [-0.2, -0.15) is 0 Å². The van der Waals surface area contributed by atoms with E-state index in [9.17, 15) is 9.59 Å². The lowest BCUT2D eigenvalue weighted by Gasteiger charge is -2.37. The van der Waals surface area contributed by atoms with Crippen molar-refractivity contribution < 1.29 is 9.59 Å². The second-order valence-corrected chi connectivity index (χ2v) is 7.47. The standard InChI is InChI=1S/C19H28N4O2/c1-14(2)13-16(21-18(24)15-6-7-15)19(25)23-11-9-22(10-12-23)17-5-3-4-8-20-17/h3-5,8,14-16H,6-7,9-13H2,1-2H3,(H,21,24)/t16-/m0/s1. The Morgan fingerprint density at radius 2 is 1.92 bits per heavy atom. The highest BCUT2D eigenvalue weighted by molar-refractivity contribution is 5.89. The number of piperazine rings is 1. The van der Waals surface area contributed by atoms with Crippen LogP contribution in [0.5, 0.6) is 0 Å². The minimum atomic E-state index is -0.394. The Morgan fingerprint density at radius 1 is 1.20 bits per heavy atom. The molecule has 2 aliphatic rings. The SMILES string of the molecule is CC(C)C[C@H](NC(=O)C1CC1)C(=O)N1CCN(c2ccccn2)CC1. The van der Waals surface area contributed by atoms with Crippen LogP contribution in [-0.2, 0) is 9.59 Å². The summed E-state index contributed by atoms with van der Waals surface area (Å²) in [7, 11) is 0. The molecule has 1 aliphatic heterocycles. The maximum Gasteiger partial charge on any atom is 0.245 e. The molecule has 0 bridgehead atoms. The lowest BCUT2D eigenvalue weighted by Crippen LogP contribution is -2.55. The number of pyridine rings is 1. The molecule has 6 nitrogen and oxygen atoms in total. The molecule has 0 unspecified atom stereocenters. The van der Waals surface area contributed by atoms with Crippen molar-refractivity contribution in [2.45, 2.75) is 39.2 Å². The fraction of sp³-hybridized carbons (Fsp3) is 0.632. The molecule has 0 aromatic carbocycles. The van der Waals surface area contributed by atoms with E-state index in [-0.39, 0.29) is 17.7 Å². The average molecular weight is 344 g/mol. The molecule has 1 N–H and O–H groups in total. The number of anilines is 1. The summed E-state index contributed by atoms with van der Waals surface area (Å²) in [5.74, 6) is 1.55. The number of aromatic nitrogens is 1. The fourth-order valence-electron chi connectivity index (χ4n) is 3.25. The maximum absolute atomic E-state index is 12.9. The van der Waals surface area contributed by atoms with Gasteiger partial charge < -0.3 is 15.1 Å². The van der Waals surface area contributed by atoms with Gasteiger partial charge in [-0.1, -0.05) is 19.9 Å². The van der Waals surface area contributed by atoms with Crippen molar-refractivity contribution in [1.29, 1.82) is 0 Å². The summed E-state index contributed by atoms with van der Waals surface area (Å²) in [5, 5.41) is 2.99. The molecule has 3 rings (SSSR count). The Kier molecular flexibility index (Phi) is 5.56. The van der Waals surface area contributed by atoms with Crippen LogP contribution in [0.15, 0.2) is 24.4 Å². The highest BCUT2D eigenvalue weighted by Gasteiger charge is 2.34. The largest absolute Gasteiger partial charge is 0.353 e. The summed E-state index contributed by atoms with van der Waals surface area (Å²) >= 11 is 0. The molecule has 1 saturated heterocycles. The van der Waals surface area contributed by atoms with Gasteiger partial charge in [0.2, 0.25) is 11.8 Å². The lowest BCUT2D eigenvalue weighted by molar-refractivity contribution is -0.137. The van der Waals surface area contributed by atoms with E-state index in [0.29, 0.717) is 25.4 Å². The van der Waals surface area contributed by atoms with Crippen molar-refractivity contribution in [3.63, 3.8) is 0 Å². The number of hydrogen-bond acceptors (Lipinski definition) is 4. The van der Waals surface area contributed by atoms with Gasteiger partial charge in [0.15, 0.2) is 0 Å². The molecular weight excluding hydrogens is 316 g/mol. The first-order chi connectivity index (χ1) is 12.0. The zero-order chi connectivity index (χ0) is 17.8. The summed E-state index contributed by atoms with van der Waals surface area (Å²) in [4.78, 5) is 33.5. The summed E-state index contributed by atoms with van der Waals surface area (Å²) in [6.45, 7) is 7.05. The van der Waals surface area contributed by atoms with Crippen LogP contribution in [0.1, 0.15) is 33.1 Å². The first-order valence-corrected chi connectivity index (χ1v) is 9.29. The van der Waals surface area contributed by atoms with Gasteiger partial charge in [-0.05, 0) is 37.3 Å². The number of carbonyl (C=O) groups excluding carboxylic acids is 2. The van der Waals surface area contributed by atoms with E-state index in [4.69, 9.17) is 0 Å². The van der Waals surface area contributed by atoms with E-state index in [1.165, 1.54) is 0 Å². The Labute approximate surface area is 149 Å². The van der Waals surface area contributed by atoms with Crippen LogP contribution in [0, 0.1) is 11.8 Å². The Balaban J connectivity index is 1.57. The van der Waals surface area contributed by atoms with Crippen LogP contribution < -0.4 is 10.2 Å². The summed E-state index contributed by atoms with van der Waals surface area (Å²) in [5.41, 5.74) is 0. The Morgan fingerprint density at radius 3 is 2.48 bits per heavy atom. The molecule has 6 heteroatoms. The third kappa shape index (κ3) is 4.71. The topological polar surface area (TPSA) is 65.5 Å². The quantitative estimate of drug-likeness (QED) is 0.853. The van der Waals surface area contributed by atoms with E-state index < -0.39 is 6.04 Å². The zero-order valence-corrected chi connectivity index (χ0v) is 15.1. The first kappa shape index (κ1) is 17.7. The van der Waals surface area contributed by atoms with Crippen LogP contribution in [0.2, 0.25) is 0 Å². The molecule has 136 valence electrons. The van der Waals surface area contributed by atoms with Gasteiger partial charge in [0.05, 0.1) is 0 Å². The predicted molar refractivity (Wildman–Crippen MR) is 97.1 cm³/mol. The average Bonchev–Trinajstić information content (AvgIpc) is 3.46. The first-order valence-electron chi connectivity index (χ1n) is 9.29.